The SMILES string of the molecule is C=C(Br)C[C@H](NC(=O)[C@@H](Cc1ccc(F)cc1)NC(C)=O)C(=O)OC. The quantitative estimate of drug-likeness (QED) is 0.635. The molecular formula is C17H20BrFN2O4. The van der Waals surface area contributed by atoms with Gasteiger partial charge in [-0.1, -0.05) is 34.6 Å². The van der Waals surface area contributed by atoms with Crippen molar-refractivity contribution in [3.8, 4) is 0 Å². The molecule has 1 aromatic carbocycles. The monoisotopic (exact) mass is 414 g/mol. The van der Waals surface area contributed by atoms with Crippen molar-refractivity contribution in [2.75, 3.05) is 7.11 Å². The minimum Gasteiger partial charge on any atom is -0.467 e. The third kappa shape index (κ3) is 7.47. The lowest BCUT2D eigenvalue weighted by Gasteiger charge is -2.22. The Morgan fingerprint density at radius 2 is 1.80 bits per heavy atom. The molecule has 2 amide bonds. The van der Waals surface area contributed by atoms with Crippen molar-refractivity contribution in [1.82, 2.24) is 10.6 Å². The number of rotatable bonds is 8. The minimum absolute atomic E-state index is 0.141. The van der Waals surface area contributed by atoms with E-state index in [0.717, 1.165) is 0 Å². The number of methoxy groups -OCH3 is 1. The predicted molar refractivity (Wildman–Crippen MR) is 94.3 cm³/mol. The zero-order chi connectivity index (χ0) is 19.0. The lowest BCUT2D eigenvalue weighted by molar-refractivity contribution is -0.145. The van der Waals surface area contributed by atoms with Crippen molar-refractivity contribution in [3.63, 3.8) is 0 Å². The molecule has 0 saturated heterocycles. The second-order valence-electron chi connectivity index (χ2n) is 5.39. The summed E-state index contributed by atoms with van der Waals surface area (Å²) in [6.07, 6.45) is 0.288. The molecule has 1 rings (SSSR count). The first-order valence-corrected chi connectivity index (χ1v) is 8.25. The summed E-state index contributed by atoms with van der Waals surface area (Å²) in [6, 6.07) is 3.73. The van der Waals surface area contributed by atoms with E-state index >= 15 is 0 Å². The number of carbonyl (C=O) groups is 3. The summed E-state index contributed by atoms with van der Waals surface area (Å²) in [4.78, 5) is 35.7. The third-order valence-electron chi connectivity index (χ3n) is 3.27. The van der Waals surface area contributed by atoms with Gasteiger partial charge in [-0.3, -0.25) is 9.59 Å². The highest BCUT2D eigenvalue weighted by Crippen LogP contribution is 2.12. The number of hydrogen-bond donors (Lipinski definition) is 2. The number of esters is 1. The molecule has 0 bridgehead atoms. The van der Waals surface area contributed by atoms with Gasteiger partial charge in [0, 0.05) is 19.8 Å². The van der Waals surface area contributed by atoms with E-state index in [2.05, 4.69) is 37.9 Å². The Morgan fingerprint density at radius 3 is 2.28 bits per heavy atom. The van der Waals surface area contributed by atoms with Gasteiger partial charge in [-0.2, -0.15) is 0 Å². The maximum atomic E-state index is 13.0. The number of ether oxygens (including phenoxy) is 1. The van der Waals surface area contributed by atoms with Crippen LogP contribution in [0.2, 0.25) is 0 Å². The summed E-state index contributed by atoms with van der Waals surface area (Å²) in [5.74, 6) is -1.98. The van der Waals surface area contributed by atoms with Crippen molar-refractivity contribution < 1.29 is 23.5 Å². The first kappa shape index (κ1) is 20.8. The molecule has 0 radical (unpaired) electrons. The molecule has 2 atom stereocenters. The molecule has 8 heteroatoms. The van der Waals surface area contributed by atoms with Crippen LogP contribution < -0.4 is 10.6 Å². The van der Waals surface area contributed by atoms with E-state index in [4.69, 9.17) is 0 Å². The van der Waals surface area contributed by atoms with Crippen molar-refractivity contribution >= 4 is 33.7 Å². The van der Waals surface area contributed by atoms with Gasteiger partial charge in [0.25, 0.3) is 0 Å². The summed E-state index contributed by atoms with van der Waals surface area (Å²) >= 11 is 3.14. The lowest BCUT2D eigenvalue weighted by atomic mass is 10.0. The molecule has 0 aromatic heterocycles. The molecule has 0 aliphatic carbocycles. The van der Waals surface area contributed by atoms with Crippen LogP contribution in [0.1, 0.15) is 18.9 Å². The smallest absolute Gasteiger partial charge is 0.328 e. The molecule has 0 saturated carbocycles. The van der Waals surface area contributed by atoms with E-state index < -0.39 is 35.7 Å². The van der Waals surface area contributed by atoms with Crippen molar-refractivity contribution in [3.05, 3.63) is 46.7 Å². The molecule has 0 aliphatic heterocycles. The standard InChI is InChI=1S/C17H20BrFN2O4/c1-10(18)8-15(17(24)25-3)21-16(23)14(20-11(2)22)9-12-4-6-13(19)7-5-12/h4-7,14-15H,1,8-9H2,2-3H3,(H,20,22)(H,21,23)/t14-,15+/m1/s1. The molecular weight excluding hydrogens is 395 g/mol. The van der Waals surface area contributed by atoms with E-state index in [1.54, 1.807) is 0 Å². The van der Waals surface area contributed by atoms with Crippen LogP contribution in [0.15, 0.2) is 35.3 Å². The third-order valence-corrected chi connectivity index (χ3v) is 3.60. The van der Waals surface area contributed by atoms with Crippen LogP contribution in [0.3, 0.4) is 0 Å². The van der Waals surface area contributed by atoms with Crippen LogP contribution in [0, 0.1) is 5.82 Å². The maximum absolute atomic E-state index is 13.0. The van der Waals surface area contributed by atoms with Crippen LogP contribution >= 0.6 is 15.9 Å². The van der Waals surface area contributed by atoms with Crippen molar-refractivity contribution in [1.29, 1.82) is 0 Å². The largest absolute Gasteiger partial charge is 0.467 e. The first-order valence-electron chi connectivity index (χ1n) is 7.46. The number of benzene rings is 1. The summed E-state index contributed by atoms with van der Waals surface area (Å²) in [6.45, 7) is 4.92. The molecule has 2 N–H and O–H groups in total. The molecule has 0 fully saturated rings. The van der Waals surface area contributed by atoms with Gasteiger partial charge in [-0.05, 0) is 22.2 Å². The van der Waals surface area contributed by atoms with E-state index in [1.807, 2.05) is 0 Å². The number of nitrogens with one attached hydrogen (secondary N) is 2. The lowest BCUT2D eigenvalue weighted by Crippen LogP contribution is -2.52. The van der Waals surface area contributed by atoms with E-state index in [0.29, 0.717) is 10.0 Å². The molecule has 136 valence electrons. The van der Waals surface area contributed by atoms with Crippen molar-refractivity contribution in [2.24, 2.45) is 0 Å². The number of carbonyl (C=O) groups excluding carboxylic acids is 3. The van der Waals surface area contributed by atoms with Gasteiger partial charge in [0.2, 0.25) is 11.8 Å². The zero-order valence-corrected chi connectivity index (χ0v) is 15.6. The molecule has 1 aromatic rings. The van der Waals surface area contributed by atoms with Crippen LogP contribution in [0.5, 0.6) is 0 Å². The van der Waals surface area contributed by atoms with Gasteiger partial charge in [0.15, 0.2) is 0 Å². The first-order chi connectivity index (χ1) is 11.7. The molecule has 0 aliphatic rings. The normalized spacial score (nSPS) is 12.6. The number of amides is 2. The van der Waals surface area contributed by atoms with Crippen molar-refractivity contribution in [2.45, 2.75) is 31.8 Å². The van der Waals surface area contributed by atoms with Gasteiger partial charge < -0.3 is 15.4 Å². The summed E-state index contributed by atoms with van der Waals surface area (Å²) in [5.41, 5.74) is 0.662. The van der Waals surface area contributed by atoms with Crippen LogP contribution in [-0.4, -0.2) is 37.0 Å². The summed E-state index contributed by atoms with van der Waals surface area (Å²) in [7, 11) is 1.21. The molecule has 0 spiro atoms. The Balaban J connectivity index is 2.90. The number of halogens is 2. The molecule has 6 nitrogen and oxygen atoms in total. The highest BCUT2D eigenvalue weighted by molar-refractivity contribution is 9.11. The average Bonchev–Trinajstić information content (AvgIpc) is 2.54. The van der Waals surface area contributed by atoms with Gasteiger partial charge in [0.1, 0.15) is 17.9 Å². The Kier molecular flexibility index (Phi) is 8.27. The van der Waals surface area contributed by atoms with E-state index in [9.17, 15) is 18.8 Å². The van der Waals surface area contributed by atoms with Crippen LogP contribution in [0.25, 0.3) is 0 Å². The Labute approximate surface area is 153 Å². The Morgan fingerprint density at radius 1 is 1.20 bits per heavy atom. The van der Waals surface area contributed by atoms with Gasteiger partial charge in [-0.15, -0.1) is 0 Å². The van der Waals surface area contributed by atoms with Gasteiger partial charge >= 0.3 is 5.97 Å². The van der Waals surface area contributed by atoms with Gasteiger partial charge in [0.05, 0.1) is 7.11 Å². The zero-order valence-electron chi connectivity index (χ0n) is 14.0. The summed E-state index contributed by atoms with van der Waals surface area (Å²) in [5, 5.41) is 5.07. The molecule has 0 unspecified atom stereocenters. The highest BCUT2D eigenvalue weighted by Gasteiger charge is 2.27. The van der Waals surface area contributed by atoms with Crippen LogP contribution in [0.4, 0.5) is 4.39 Å². The minimum atomic E-state index is -0.936. The van der Waals surface area contributed by atoms with E-state index in [-0.39, 0.29) is 12.8 Å². The van der Waals surface area contributed by atoms with Gasteiger partial charge in [-0.25, -0.2) is 9.18 Å². The fourth-order valence-corrected chi connectivity index (χ4v) is 2.46. The second kappa shape index (κ2) is 9.93. The Bertz CT molecular complexity index is 649. The second-order valence-corrected chi connectivity index (χ2v) is 6.51. The fourth-order valence-electron chi connectivity index (χ4n) is 2.14. The molecule has 25 heavy (non-hydrogen) atoms. The Hall–Kier alpha value is -2.22. The summed E-state index contributed by atoms with van der Waals surface area (Å²) < 4.78 is 18.2. The average molecular weight is 415 g/mol. The highest BCUT2D eigenvalue weighted by atomic mass is 79.9. The topological polar surface area (TPSA) is 84.5 Å². The maximum Gasteiger partial charge on any atom is 0.328 e. The van der Waals surface area contributed by atoms with E-state index in [1.165, 1.54) is 38.3 Å². The van der Waals surface area contributed by atoms with Crippen LogP contribution in [-0.2, 0) is 25.5 Å². The predicted octanol–water partition coefficient (Wildman–Crippen LogP) is 1.83. The molecule has 0 heterocycles. The fraction of sp³-hybridized carbons (Fsp3) is 0.353. The number of hydrogen-bond acceptors (Lipinski definition) is 4.